The van der Waals surface area contributed by atoms with Gasteiger partial charge < -0.3 is 21.5 Å². The molecule has 0 saturated heterocycles. The SMILES string of the molecule is N=C(N)c1ccc(C(=O)NCCCC[C@H](CC(=O)O)NC(=O)Cc2cccc3ccccc23)cc1. The number of carboxylic acids is 1. The highest BCUT2D eigenvalue weighted by atomic mass is 16.4. The summed E-state index contributed by atoms with van der Waals surface area (Å²) in [6.07, 6.45) is 1.81. The summed E-state index contributed by atoms with van der Waals surface area (Å²) in [7, 11) is 0. The van der Waals surface area contributed by atoms with Crippen LogP contribution >= 0.6 is 0 Å². The molecule has 182 valence electrons. The number of hydrogen-bond donors (Lipinski definition) is 5. The van der Waals surface area contributed by atoms with Gasteiger partial charge in [0, 0.05) is 23.7 Å². The number of nitrogens with two attached hydrogens (primary N) is 1. The molecule has 0 radical (unpaired) electrons. The standard InChI is InChI=1S/C27H30N4O4/c28-26(29)19-11-13-20(14-12-19)27(35)30-15-4-3-9-22(17-25(33)34)31-24(32)16-21-8-5-7-18-6-1-2-10-23(18)21/h1-2,5-8,10-14,22H,3-4,9,15-17H2,(H3,28,29)(H,30,35)(H,31,32)(H,33,34)/t22-/m1/s1. The van der Waals surface area contributed by atoms with E-state index in [9.17, 15) is 19.5 Å². The third-order valence-electron chi connectivity index (χ3n) is 5.74. The molecule has 35 heavy (non-hydrogen) atoms. The predicted octanol–water partition coefficient (Wildman–Crippen LogP) is 3.23. The third-order valence-corrected chi connectivity index (χ3v) is 5.74. The second kappa shape index (κ2) is 12.3. The Morgan fingerprint density at radius 2 is 1.60 bits per heavy atom. The molecule has 1 atom stereocenters. The van der Waals surface area contributed by atoms with Crippen LogP contribution in [0.4, 0.5) is 0 Å². The first-order chi connectivity index (χ1) is 16.8. The van der Waals surface area contributed by atoms with Crippen LogP contribution in [0.3, 0.4) is 0 Å². The summed E-state index contributed by atoms with van der Waals surface area (Å²) >= 11 is 0. The molecule has 0 aliphatic carbocycles. The zero-order valence-electron chi connectivity index (χ0n) is 19.4. The molecular weight excluding hydrogens is 444 g/mol. The predicted molar refractivity (Wildman–Crippen MR) is 135 cm³/mol. The molecule has 3 aromatic rings. The van der Waals surface area contributed by atoms with Crippen LogP contribution in [-0.2, 0) is 16.0 Å². The summed E-state index contributed by atoms with van der Waals surface area (Å²) in [5.74, 6) is -1.47. The molecule has 0 saturated carbocycles. The van der Waals surface area contributed by atoms with Crippen molar-refractivity contribution in [3.8, 4) is 0 Å². The molecule has 0 aliphatic rings. The van der Waals surface area contributed by atoms with Gasteiger partial charge in [-0.15, -0.1) is 0 Å². The average molecular weight is 475 g/mol. The van der Waals surface area contributed by atoms with Crippen LogP contribution in [-0.4, -0.2) is 41.3 Å². The van der Waals surface area contributed by atoms with E-state index in [1.54, 1.807) is 24.3 Å². The number of nitrogen functional groups attached to an aromatic ring is 1. The minimum atomic E-state index is -0.970. The first kappa shape index (κ1) is 25.4. The lowest BCUT2D eigenvalue weighted by Crippen LogP contribution is -2.37. The monoisotopic (exact) mass is 474 g/mol. The van der Waals surface area contributed by atoms with E-state index >= 15 is 0 Å². The molecule has 0 heterocycles. The zero-order chi connectivity index (χ0) is 25.2. The molecule has 0 aromatic heterocycles. The van der Waals surface area contributed by atoms with Gasteiger partial charge in [0.05, 0.1) is 12.8 Å². The number of aliphatic carboxylic acids is 1. The van der Waals surface area contributed by atoms with Gasteiger partial charge in [-0.05, 0) is 47.7 Å². The van der Waals surface area contributed by atoms with Crippen molar-refractivity contribution in [3.63, 3.8) is 0 Å². The molecule has 3 rings (SSSR count). The van der Waals surface area contributed by atoms with Crippen LogP contribution in [0.1, 0.15) is 47.2 Å². The molecular formula is C27H30N4O4. The maximum atomic E-state index is 12.7. The second-order valence-corrected chi connectivity index (χ2v) is 8.42. The number of unbranched alkanes of at least 4 members (excludes halogenated alkanes) is 1. The summed E-state index contributed by atoms with van der Waals surface area (Å²) in [6.45, 7) is 0.428. The summed E-state index contributed by atoms with van der Waals surface area (Å²) < 4.78 is 0. The minimum Gasteiger partial charge on any atom is -0.481 e. The number of carbonyl (C=O) groups is 3. The highest BCUT2D eigenvalue weighted by Gasteiger charge is 2.17. The normalized spacial score (nSPS) is 11.5. The van der Waals surface area contributed by atoms with Gasteiger partial charge in [0.1, 0.15) is 5.84 Å². The molecule has 0 fully saturated rings. The molecule has 0 spiro atoms. The van der Waals surface area contributed by atoms with Crippen molar-refractivity contribution in [1.29, 1.82) is 5.41 Å². The summed E-state index contributed by atoms with van der Waals surface area (Å²) in [4.78, 5) is 36.2. The number of fused-ring (bicyclic) bond motifs is 1. The molecule has 6 N–H and O–H groups in total. The van der Waals surface area contributed by atoms with Crippen LogP contribution in [0.15, 0.2) is 66.7 Å². The Balaban J connectivity index is 1.46. The fraction of sp³-hybridized carbons (Fsp3) is 0.259. The lowest BCUT2D eigenvalue weighted by Gasteiger charge is -2.17. The van der Waals surface area contributed by atoms with E-state index in [1.807, 2.05) is 42.5 Å². The van der Waals surface area contributed by atoms with E-state index in [1.165, 1.54) is 0 Å². The van der Waals surface area contributed by atoms with Gasteiger partial charge in [0.25, 0.3) is 5.91 Å². The van der Waals surface area contributed by atoms with Gasteiger partial charge in [-0.3, -0.25) is 19.8 Å². The largest absolute Gasteiger partial charge is 0.481 e. The lowest BCUT2D eigenvalue weighted by atomic mass is 10.0. The summed E-state index contributed by atoms with van der Waals surface area (Å²) in [5.41, 5.74) is 7.34. The van der Waals surface area contributed by atoms with Crippen molar-refractivity contribution in [3.05, 3.63) is 83.4 Å². The first-order valence-electron chi connectivity index (χ1n) is 11.5. The third kappa shape index (κ3) is 7.67. The number of carbonyl (C=O) groups excluding carboxylic acids is 2. The van der Waals surface area contributed by atoms with Gasteiger partial charge in [-0.1, -0.05) is 54.6 Å². The zero-order valence-corrected chi connectivity index (χ0v) is 19.4. The van der Waals surface area contributed by atoms with Crippen molar-refractivity contribution in [2.24, 2.45) is 5.73 Å². The van der Waals surface area contributed by atoms with Crippen molar-refractivity contribution in [1.82, 2.24) is 10.6 Å². The van der Waals surface area contributed by atoms with E-state index in [2.05, 4.69) is 10.6 Å². The van der Waals surface area contributed by atoms with Crippen LogP contribution < -0.4 is 16.4 Å². The van der Waals surface area contributed by atoms with Crippen molar-refractivity contribution < 1.29 is 19.5 Å². The second-order valence-electron chi connectivity index (χ2n) is 8.42. The lowest BCUT2D eigenvalue weighted by molar-refractivity contribution is -0.137. The number of hydrogen-bond acceptors (Lipinski definition) is 4. The molecule has 0 bridgehead atoms. The Morgan fingerprint density at radius 3 is 2.31 bits per heavy atom. The van der Waals surface area contributed by atoms with E-state index in [4.69, 9.17) is 11.1 Å². The molecule has 8 heteroatoms. The Hall–Kier alpha value is -4.20. The van der Waals surface area contributed by atoms with Crippen LogP contribution in [0.5, 0.6) is 0 Å². The average Bonchev–Trinajstić information content (AvgIpc) is 2.83. The highest BCUT2D eigenvalue weighted by Crippen LogP contribution is 2.19. The van der Waals surface area contributed by atoms with Crippen LogP contribution in [0.2, 0.25) is 0 Å². The van der Waals surface area contributed by atoms with Crippen molar-refractivity contribution in [2.75, 3.05) is 6.54 Å². The maximum Gasteiger partial charge on any atom is 0.305 e. The van der Waals surface area contributed by atoms with Crippen molar-refractivity contribution in [2.45, 2.75) is 38.1 Å². The summed E-state index contributed by atoms with van der Waals surface area (Å²) in [5, 5.41) is 24.4. The highest BCUT2D eigenvalue weighted by molar-refractivity contribution is 5.98. The quantitative estimate of drug-likeness (QED) is 0.155. The van der Waals surface area contributed by atoms with E-state index < -0.39 is 12.0 Å². The number of amidine groups is 1. The topological polar surface area (TPSA) is 145 Å². The number of amides is 2. The van der Waals surface area contributed by atoms with Gasteiger partial charge in [-0.25, -0.2) is 0 Å². The molecule has 2 amide bonds. The van der Waals surface area contributed by atoms with Gasteiger partial charge in [-0.2, -0.15) is 0 Å². The number of benzene rings is 3. The Bertz CT molecular complexity index is 1200. The fourth-order valence-electron chi connectivity index (χ4n) is 3.96. The van der Waals surface area contributed by atoms with Gasteiger partial charge in [0.15, 0.2) is 0 Å². The van der Waals surface area contributed by atoms with Gasteiger partial charge in [0.2, 0.25) is 5.91 Å². The first-order valence-corrected chi connectivity index (χ1v) is 11.5. The Labute approximate surface area is 204 Å². The summed E-state index contributed by atoms with van der Waals surface area (Å²) in [6, 6.07) is 19.6. The molecule has 0 aliphatic heterocycles. The number of carboxylic acid groups (broad SMARTS) is 1. The van der Waals surface area contributed by atoms with Crippen LogP contribution in [0, 0.1) is 5.41 Å². The van der Waals surface area contributed by atoms with E-state index in [0.717, 1.165) is 16.3 Å². The fourth-order valence-corrected chi connectivity index (χ4v) is 3.96. The van der Waals surface area contributed by atoms with Crippen molar-refractivity contribution >= 4 is 34.4 Å². The van der Waals surface area contributed by atoms with Gasteiger partial charge >= 0.3 is 5.97 Å². The van der Waals surface area contributed by atoms with Crippen LogP contribution in [0.25, 0.3) is 10.8 Å². The smallest absolute Gasteiger partial charge is 0.305 e. The number of rotatable bonds is 12. The van der Waals surface area contributed by atoms with E-state index in [0.29, 0.717) is 36.9 Å². The Morgan fingerprint density at radius 1 is 0.914 bits per heavy atom. The Kier molecular flexibility index (Phi) is 8.95. The number of nitrogens with one attached hydrogen (secondary N) is 3. The minimum absolute atomic E-state index is 0.0583. The maximum absolute atomic E-state index is 12.7. The molecule has 3 aromatic carbocycles. The van der Waals surface area contributed by atoms with E-state index in [-0.39, 0.29) is 30.5 Å². The molecule has 0 unspecified atom stereocenters. The molecule has 8 nitrogen and oxygen atoms in total.